The predicted molar refractivity (Wildman–Crippen MR) is 111 cm³/mol. The number of nitrogens with zero attached hydrogens (tertiary/aromatic N) is 3. The van der Waals surface area contributed by atoms with Crippen molar-refractivity contribution < 1.29 is 14.3 Å². The van der Waals surface area contributed by atoms with Crippen molar-refractivity contribution in [2.45, 2.75) is 26.9 Å². The molecule has 3 aromatic rings. The first-order chi connectivity index (χ1) is 14.1. The molecule has 0 saturated heterocycles. The molecule has 0 radical (unpaired) electrons. The highest BCUT2D eigenvalue weighted by Crippen LogP contribution is 2.27. The van der Waals surface area contributed by atoms with Crippen LogP contribution in [-0.4, -0.2) is 33.9 Å². The lowest BCUT2D eigenvalue weighted by Gasteiger charge is -2.15. The molecule has 0 aliphatic rings. The van der Waals surface area contributed by atoms with Gasteiger partial charge in [0, 0.05) is 0 Å². The lowest BCUT2D eigenvalue weighted by atomic mass is 10.2. The number of carbonyl (C=O) groups excluding carboxylic acids is 1. The van der Waals surface area contributed by atoms with E-state index in [-0.39, 0.29) is 6.10 Å². The van der Waals surface area contributed by atoms with Gasteiger partial charge in [-0.3, -0.25) is 0 Å². The Morgan fingerprint density at radius 3 is 2.52 bits per heavy atom. The number of carbonyl (C=O) groups is 1. The zero-order valence-electron chi connectivity index (χ0n) is 16.5. The fraction of sp³-hybridized carbons (Fsp3) is 0.238. The molecule has 3 rings (SSSR count). The summed E-state index contributed by atoms with van der Waals surface area (Å²) in [7, 11) is 0. The molecule has 0 bridgehead atoms. The van der Waals surface area contributed by atoms with E-state index in [9.17, 15) is 4.79 Å². The maximum absolute atomic E-state index is 12.2. The monoisotopic (exact) mass is 393 g/mol. The third-order valence-electron chi connectivity index (χ3n) is 3.74. The molecule has 0 atom stereocenters. The number of hydrogen-bond acceptors (Lipinski definition) is 8. The van der Waals surface area contributed by atoms with E-state index in [1.165, 1.54) is 6.20 Å². The molecule has 0 amide bonds. The lowest BCUT2D eigenvalue weighted by molar-refractivity contribution is 0.0527. The smallest absolute Gasteiger partial charge is 0.340 e. The molecule has 8 nitrogen and oxygen atoms in total. The highest BCUT2D eigenvalue weighted by molar-refractivity contribution is 5.96. The van der Waals surface area contributed by atoms with Gasteiger partial charge in [-0.15, -0.1) is 5.10 Å². The van der Waals surface area contributed by atoms with E-state index in [1.807, 2.05) is 44.2 Å². The van der Waals surface area contributed by atoms with Gasteiger partial charge in [0.05, 0.1) is 35.8 Å². The number of anilines is 4. The number of hydrogen-bond donors (Lipinski definition) is 2. The van der Waals surface area contributed by atoms with Gasteiger partial charge < -0.3 is 20.1 Å². The average Bonchev–Trinajstić information content (AvgIpc) is 2.70. The van der Waals surface area contributed by atoms with Crippen molar-refractivity contribution in [2.24, 2.45) is 0 Å². The number of benzene rings is 2. The van der Waals surface area contributed by atoms with Gasteiger partial charge in [-0.05, 0) is 45.0 Å². The molecule has 0 saturated carbocycles. The maximum atomic E-state index is 12.2. The summed E-state index contributed by atoms with van der Waals surface area (Å²) in [5.74, 6) is 1.01. The summed E-state index contributed by atoms with van der Waals surface area (Å²) >= 11 is 0. The first-order valence-electron chi connectivity index (χ1n) is 9.32. The van der Waals surface area contributed by atoms with Gasteiger partial charge in [0.25, 0.3) is 0 Å². The second-order valence-corrected chi connectivity index (χ2v) is 6.34. The summed E-state index contributed by atoms with van der Waals surface area (Å²) in [5.41, 5.74) is 1.71. The van der Waals surface area contributed by atoms with Gasteiger partial charge >= 0.3 is 5.97 Å². The third-order valence-corrected chi connectivity index (χ3v) is 3.74. The minimum atomic E-state index is -0.407. The molecule has 0 aliphatic carbocycles. The Bertz CT molecular complexity index is 978. The second kappa shape index (κ2) is 9.50. The summed E-state index contributed by atoms with van der Waals surface area (Å²) in [5, 5.41) is 14.2. The largest absolute Gasteiger partial charge is 0.489 e. The molecule has 1 aromatic heterocycles. The first-order valence-corrected chi connectivity index (χ1v) is 9.32. The minimum absolute atomic E-state index is 0.0318. The van der Waals surface area contributed by atoms with E-state index in [4.69, 9.17) is 9.47 Å². The maximum Gasteiger partial charge on any atom is 0.340 e. The zero-order chi connectivity index (χ0) is 20.6. The third kappa shape index (κ3) is 5.41. The molecule has 29 heavy (non-hydrogen) atoms. The van der Waals surface area contributed by atoms with Crippen molar-refractivity contribution in [3.63, 3.8) is 0 Å². The molecular formula is C21H23N5O3. The number of nitrogens with one attached hydrogen (secondary N) is 2. The summed E-state index contributed by atoms with van der Waals surface area (Å²) in [6.07, 6.45) is 1.51. The van der Waals surface area contributed by atoms with Gasteiger partial charge in [0.1, 0.15) is 5.75 Å². The summed E-state index contributed by atoms with van der Waals surface area (Å²) in [6.45, 7) is 5.98. The van der Waals surface area contributed by atoms with Crippen LogP contribution in [0.1, 0.15) is 31.1 Å². The van der Waals surface area contributed by atoms with Crippen molar-refractivity contribution in [3.8, 4) is 5.75 Å². The molecule has 0 fully saturated rings. The Kier molecular flexibility index (Phi) is 6.57. The van der Waals surface area contributed by atoms with E-state index in [1.54, 1.807) is 25.1 Å². The highest BCUT2D eigenvalue weighted by Gasteiger charge is 2.13. The van der Waals surface area contributed by atoms with Crippen LogP contribution in [0.3, 0.4) is 0 Å². The van der Waals surface area contributed by atoms with Crippen molar-refractivity contribution in [3.05, 3.63) is 60.3 Å². The normalized spacial score (nSPS) is 10.5. The van der Waals surface area contributed by atoms with E-state index in [0.29, 0.717) is 35.4 Å². The summed E-state index contributed by atoms with van der Waals surface area (Å²) in [6, 6.07) is 14.6. The van der Waals surface area contributed by atoms with Crippen LogP contribution in [0, 0.1) is 0 Å². The number of aromatic nitrogens is 3. The Balaban J connectivity index is 1.81. The zero-order valence-corrected chi connectivity index (χ0v) is 16.5. The van der Waals surface area contributed by atoms with Crippen LogP contribution in [-0.2, 0) is 4.74 Å². The summed E-state index contributed by atoms with van der Waals surface area (Å²) < 4.78 is 10.9. The highest BCUT2D eigenvalue weighted by atomic mass is 16.5. The first kappa shape index (κ1) is 20.1. The number of para-hydroxylation sites is 3. The molecular weight excluding hydrogens is 370 g/mol. The topological polar surface area (TPSA) is 98.3 Å². The van der Waals surface area contributed by atoms with E-state index in [0.717, 1.165) is 5.69 Å². The van der Waals surface area contributed by atoms with Crippen LogP contribution < -0.4 is 15.4 Å². The second-order valence-electron chi connectivity index (χ2n) is 6.34. The molecule has 0 spiro atoms. The number of rotatable bonds is 8. The van der Waals surface area contributed by atoms with Crippen LogP contribution >= 0.6 is 0 Å². The van der Waals surface area contributed by atoms with Gasteiger partial charge in [-0.25, -0.2) is 4.79 Å². The van der Waals surface area contributed by atoms with Crippen molar-refractivity contribution in [2.75, 3.05) is 17.2 Å². The fourth-order valence-corrected chi connectivity index (χ4v) is 2.58. The molecule has 150 valence electrons. The fourth-order valence-electron chi connectivity index (χ4n) is 2.58. The van der Waals surface area contributed by atoms with Crippen molar-refractivity contribution >= 4 is 29.1 Å². The Morgan fingerprint density at radius 2 is 1.76 bits per heavy atom. The minimum Gasteiger partial charge on any atom is -0.489 e. The predicted octanol–water partition coefficient (Wildman–Crippen LogP) is 4.32. The molecule has 2 aromatic carbocycles. The van der Waals surface area contributed by atoms with Gasteiger partial charge in [-0.1, -0.05) is 24.3 Å². The van der Waals surface area contributed by atoms with Crippen LogP contribution in [0.25, 0.3) is 0 Å². The van der Waals surface area contributed by atoms with Crippen LogP contribution in [0.5, 0.6) is 5.75 Å². The Hall–Kier alpha value is -3.68. The quantitative estimate of drug-likeness (QED) is 0.546. The Labute approximate surface area is 169 Å². The SMILES string of the molecule is CCOC(=O)c1ccccc1Nc1cnnc(Nc2ccccc2OC(C)C)n1. The van der Waals surface area contributed by atoms with Crippen molar-refractivity contribution in [1.82, 2.24) is 15.2 Å². The van der Waals surface area contributed by atoms with Crippen LogP contribution in [0.2, 0.25) is 0 Å². The van der Waals surface area contributed by atoms with E-state index in [2.05, 4.69) is 25.8 Å². The molecule has 0 aliphatic heterocycles. The van der Waals surface area contributed by atoms with Gasteiger partial charge in [0.2, 0.25) is 5.95 Å². The average molecular weight is 393 g/mol. The molecule has 8 heteroatoms. The van der Waals surface area contributed by atoms with Gasteiger partial charge in [0.15, 0.2) is 5.82 Å². The van der Waals surface area contributed by atoms with Crippen LogP contribution in [0.15, 0.2) is 54.7 Å². The van der Waals surface area contributed by atoms with Crippen molar-refractivity contribution in [1.29, 1.82) is 0 Å². The van der Waals surface area contributed by atoms with Crippen LogP contribution in [0.4, 0.5) is 23.1 Å². The standard InChI is InChI=1S/C21H23N5O3/c1-4-28-20(27)15-9-5-6-10-16(15)23-19-13-22-26-21(25-19)24-17-11-7-8-12-18(17)29-14(2)3/h5-14H,4H2,1-3H3,(H2,23,24,25,26). The van der Waals surface area contributed by atoms with E-state index >= 15 is 0 Å². The van der Waals surface area contributed by atoms with Gasteiger partial charge in [-0.2, -0.15) is 10.1 Å². The Morgan fingerprint density at radius 1 is 1.03 bits per heavy atom. The number of esters is 1. The summed E-state index contributed by atoms with van der Waals surface area (Å²) in [4.78, 5) is 16.6. The molecule has 2 N–H and O–H groups in total. The molecule has 0 unspecified atom stereocenters. The van der Waals surface area contributed by atoms with E-state index < -0.39 is 5.97 Å². The number of ether oxygens (including phenoxy) is 2. The lowest BCUT2D eigenvalue weighted by Crippen LogP contribution is -2.10. The molecule has 1 heterocycles.